The van der Waals surface area contributed by atoms with Crippen molar-refractivity contribution in [3.8, 4) is 0 Å². The van der Waals surface area contributed by atoms with Gasteiger partial charge in [0.2, 0.25) is 0 Å². The number of likely N-dealkylation sites (N-methyl/N-ethyl adjacent to an activating group) is 1. The molecular formula is C16H21NO3S. The van der Waals surface area contributed by atoms with Crippen molar-refractivity contribution in [1.82, 2.24) is 4.90 Å². The Morgan fingerprint density at radius 3 is 2.52 bits per heavy atom. The number of hydrogen-bond donors (Lipinski definition) is 1. The minimum absolute atomic E-state index is 0.103. The highest BCUT2D eigenvalue weighted by Crippen LogP contribution is 2.24. The molecule has 0 aromatic heterocycles. The zero-order valence-corrected chi connectivity index (χ0v) is 13.2. The van der Waals surface area contributed by atoms with Crippen LogP contribution in [0.15, 0.2) is 42.5 Å². The van der Waals surface area contributed by atoms with Crippen molar-refractivity contribution in [2.75, 3.05) is 32.1 Å². The smallest absolute Gasteiger partial charge is 0.148 e. The fraction of sp³-hybridized carbons (Fsp3) is 0.375. The molecule has 0 fully saturated rings. The molecule has 114 valence electrons. The summed E-state index contributed by atoms with van der Waals surface area (Å²) in [5.74, 6) is 0.103. The van der Waals surface area contributed by atoms with Crippen molar-refractivity contribution in [1.29, 1.82) is 0 Å². The van der Waals surface area contributed by atoms with Gasteiger partial charge in [0.15, 0.2) is 0 Å². The number of fused-ring (bicyclic) bond motifs is 1. The minimum atomic E-state index is -2.98. The van der Waals surface area contributed by atoms with Crippen LogP contribution in [0.2, 0.25) is 0 Å². The highest BCUT2D eigenvalue weighted by Gasteiger charge is 2.14. The largest absolute Gasteiger partial charge is 0.387 e. The van der Waals surface area contributed by atoms with Gasteiger partial charge in [0, 0.05) is 19.3 Å². The third-order valence-electron chi connectivity index (χ3n) is 3.51. The van der Waals surface area contributed by atoms with Crippen molar-refractivity contribution in [3.05, 3.63) is 48.0 Å². The Morgan fingerprint density at radius 2 is 1.81 bits per heavy atom. The Bertz CT molecular complexity index is 707. The van der Waals surface area contributed by atoms with Crippen LogP contribution in [-0.4, -0.2) is 50.6 Å². The van der Waals surface area contributed by atoms with Gasteiger partial charge in [0.25, 0.3) is 0 Å². The third kappa shape index (κ3) is 4.52. The summed E-state index contributed by atoms with van der Waals surface area (Å²) in [4.78, 5) is 1.84. The van der Waals surface area contributed by atoms with Gasteiger partial charge in [0.05, 0.1) is 11.9 Å². The van der Waals surface area contributed by atoms with Gasteiger partial charge in [0.1, 0.15) is 9.84 Å². The molecule has 0 heterocycles. The molecule has 0 saturated carbocycles. The first-order valence-corrected chi connectivity index (χ1v) is 8.95. The fourth-order valence-electron chi connectivity index (χ4n) is 2.35. The van der Waals surface area contributed by atoms with Gasteiger partial charge in [-0.15, -0.1) is 0 Å². The molecule has 0 aliphatic rings. The van der Waals surface area contributed by atoms with Crippen molar-refractivity contribution >= 4 is 20.6 Å². The van der Waals surface area contributed by atoms with E-state index in [0.717, 1.165) is 16.3 Å². The molecule has 2 aromatic carbocycles. The van der Waals surface area contributed by atoms with E-state index in [4.69, 9.17) is 0 Å². The lowest BCUT2D eigenvalue weighted by molar-refractivity contribution is 0.131. The van der Waals surface area contributed by atoms with Gasteiger partial charge in [-0.25, -0.2) is 8.42 Å². The molecule has 2 aromatic rings. The van der Waals surface area contributed by atoms with E-state index in [2.05, 4.69) is 0 Å². The van der Waals surface area contributed by atoms with Crippen molar-refractivity contribution in [3.63, 3.8) is 0 Å². The van der Waals surface area contributed by atoms with Gasteiger partial charge in [-0.3, -0.25) is 0 Å². The molecule has 0 amide bonds. The molecule has 1 N–H and O–H groups in total. The van der Waals surface area contributed by atoms with Crippen LogP contribution in [0.25, 0.3) is 10.8 Å². The first-order valence-electron chi connectivity index (χ1n) is 6.89. The fourth-order valence-corrected chi connectivity index (χ4v) is 2.99. The van der Waals surface area contributed by atoms with Gasteiger partial charge >= 0.3 is 0 Å². The zero-order chi connectivity index (χ0) is 15.5. The van der Waals surface area contributed by atoms with E-state index in [-0.39, 0.29) is 5.75 Å². The number of hydrogen-bond acceptors (Lipinski definition) is 4. The van der Waals surface area contributed by atoms with Crippen LogP contribution >= 0.6 is 0 Å². The van der Waals surface area contributed by atoms with E-state index in [9.17, 15) is 13.5 Å². The molecule has 0 radical (unpaired) electrons. The molecule has 1 unspecified atom stereocenters. The predicted molar refractivity (Wildman–Crippen MR) is 86.1 cm³/mol. The quantitative estimate of drug-likeness (QED) is 0.885. The van der Waals surface area contributed by atoms with Crippen molar-refractivity contribution in [2.24, 2.45) is 0 Å². The van der Waals surface area contributed by atoms with Crippen LogP contribution in [0, 0.1) is 0 Å². The monoisotopic (exact) mass is 307 g/mol. The van der Waals surface area contributed by atoms with Gasteiger partial charge in [-0.1, -0.05) is 42.5 Å². The second-order valence-electron chi connectivity index (χ2n) is 5.48. The molecule has 0 spiro atoms. The Kier molecular flexibility index (Phi) is 4.98. The van der Waals surface area contributed by atoms with Crippen molar-refractivity contribution < 1.29 is 13.5 Å². The first-order chi connectivity index (χ1) is 9.87. The Morgan fingerprint density at radius 1 is 1.14 bits per heavy atom. The SMILES string of the molecule is CN(CCS(C)(=O)=O)CC(O)c1cccc2ccccc12. The Labute approximate surface area is 125 Å². The summed E-state index contributed by atoms with van der Waals surface area (Å²) in [6.07, 6.45) is 0.586. The molecule has 0 saturated heterocycles. The molecule has 2 rings (SSSR count). The van der Waals surface area contributed by atoms with E-state index < -0.39 is 15.9 Å². The lowest BCUT2D eigenvalue weighted by Crippen LogP contribution is -2.29. The summed E-state index contributed by atoms with van der Waals surface area (Å²) in [6.45, 7) is 0.824. The lowest BCUT2D eigenvalue weighted by atomic mass is 10.0. The zero-order valence-electron chi connectivity index (χ0n) is 12.4. The summed E-state index contributed by atoms with van der Waals surface area (Å²) < 4.78 is 22.4. The third-order valence-corrected chi connectivity index (χ3v) is 4.43. The average molecular weight is 307 g/mol. The van der Waals surface area contributed by atoms with Gasteiger partial charge in [-0.2, -0.15) is 0 Å². The van der Waals surface area contributed by atoms with E-state index in [0.29, 0.717) is 13.1 Å². The predicted octanol–water partition coefficient (Wildman–Crippen LogP) is 1.85. The van der Waals surface area contributed by atoms with Crippen LogP contribution in [-0.2, 0) is 9.84 Å². The molecule has 0 aliphatic heterocycles. The van der Waals surface area contributed by atoms with Crippen LogP contribution in [0.4, 0.5) is 0 Å². The van der Waals surface area contributed by atoms with E-state index in [1.165, 1.54) is 6.26 Å². The van der Waals surface area contributed by atoms with Gasteiger partial charge < -0.3 is 10.0 Å². The first kappa shape index (κ1) is 15.9. The summed E-state index contributed by atoms with van der Waals surface area (Å²) in [5.41, 5.74) is 0.874. The standard InChI is InChI=1S/C16H21NO3S/c1-17(10-11-21(2,19)20)12-16(18)15-9-5-7-13-6-3-4-8-14(13)15/h3-9,16,18H,10-12H2,1-2H3. The normalized spacial score (nSPS) is 13.7. The lowest BCUT2D eigenvalue weighted by Gasteiger charge is -2.21. The van der Waals surface area contributed by atoms with E-state index >= 15 is 0 Å². The highest BCUT2D eigenvalue weighted by atomic mass is 32.2. The maximum Gasteiger partial charge on any atom is 0.148 e. The number of benzene rings is 2. The summed E-state index contributed by atoms with van der Waals surface area (Å²) in [6, 6.07) is 13.8. The number of aliphatic hydroxyl groups is 1. The maximum atomic E-state index is 11.2. The number of aliphatic hydroxyl groups excluding tert-OH is 1. The maximum absolute atomic E-state index is 11.2. The molecule has 1 atom stereocenters. The van der Waals surface area contributed by atoms with Gasteiger partial charge in [-0.05, 0) is 23.4 Å². The number of rotatable bonds is 6. The molecule has 0 bridgehead atoms. The highest BCUT2D eigenvalue weighted by molar-refractivity contribution is 7.90. The Balaban J connectivity index is 2.10. The molecule has 5 heteroatoms. The van der Waals surface area contributed by atoms with E-state index in [1.54, 1.807) is 0 Å². The van der Waals surface area contributed by atoms with Crippen LogP contribution < -0.4 is 0 Å². The molecule has 4 nitrogen and oxygen atoms in total. The van der Waals surface area contributed by atoms with Crippen LogP contribution in [0.1, 0.15) is 11.7 Å². The Hall–Kier alpha value is -1.43. The van der Waals surface area contributed by atoms with Crippen LogP contribution in [0.3, 0.4) is 0 Å². The van der Waals surface area contributed by atoms with E-state index in [1.807, 2.05) is 54.4 Å². The second-order valence-corrected chi connectivity index (χ2v) is 7.74. The molecule has 0 aliphatic carbocycles. The van der Waals surface area contributed by atoms with Crippen molar-refractivity contribution in [2.45, 2.75) is 6.10 Å². The summed E-state index contributed by atoms with van der Waals surface area (Å²) >= 11 is 0. The second kappa shape index (κ2) is 6.56. The molecule has 21 heavy (non-hydrogen) atoms. The topological polar surface area (TPSA) is 57.6 Å². The summed E-state index contributed by atoms with van der Waals surface area (Å²) in [5, 5.41) is 12.5. The molecular weight excluding hydrogens is 286 g/mol. The number of sulfone groups is 1. The van der Waals surface area contributed by atoms with Crippen LogP contribution in [0.5, 0.6) is 0 Å². The summed E-state index contributed by atoms with van der Waals surface area (Å²) in [7, 11) is -1.16. The minimum Gasteiger partial charge on any atom is -0.387 e. The average Bonchev–Trinajstić information content (AvgIpc) is 2.43. The number of nitrogens with zero attached hydrogens (tertiary/aromatic N) is 1.